The second-order valence-corrected chi connectivity index (χ2v) is 4.31. The number of aliphatic hydroxyl groups is 1. The van der Waals surface area contributed by atoms with E-state index in [0.717, 1.165) is 12.8 Å². The Labute approximate surface area is 81.7 Å². The molecule has 0 bridgehead atoms. The first-order chi connectivity index (χ1) is 6.24. The van der Waals surface area contributed by atoms with Crippen molar-refractivity contribution in [3.05, 3.63) is 0 Å². The van der Waals surface area contributed by atoms with E-state index in [0.29, 0.717) is 12.1 Å². The van der Waals surface area contributed by atoms with Crippen molar-refractivity contribution in [1.29, 1.82) is 0 Å². The lowest BCUT2D eigenvalue weighted by Crippen LogP contribution is -2.46. The van der Waals surface area contributed by atoms with Crippen LogP contribution in [0.25, 0.3) is 0 Å². The molecular weight excluding hydrogens is 162 g/mol. The summed E-state index contributed by atoms with van der Waals surface area (Å²) in [6.45, 7) is 4.42. The van der Waals surface area contributed by atoms with E-state index < -0.39 is 0 Å². The van der Waals surface area contributed by atoms with Gasteiger partial charge in [0.05, 0.1) is 6.10 Å². The van der Waals surface area contributed by atoms with Crippen LogP contribution in [0.1, 0.15) is 52.4 Å². The molecule has 13 heavy (non-hydrogen) atoms. The van der Waals surface area contributed by atoms with Gasteiger partial charge in [0.25, 0.3) is 0 Å². The number of hydrogen-bond acceptors (Lipinski definition) is 2. The average molecular weight is 185 g/mol. The Bertz CT molecular complexity index is 138. The smallest absolute Gasteiger partial charge is 0.0693 e. The van der Waals surface area contributed by atoms with Gasteiger partial charge in [-0.3, -0.25) is 0 Å². The number of aliphatic hydroxyl groups excluding tert-OH is 1. The fraction of sp³-hybridized carbons (Fsp3) is 1.00. The topological polar surface area (TPSA) is 32.3 Å². The zero-order valence-corrected chi connectivity index (χ0v) is 8.92. The van der Waals surface area contributed by atoms with Crippen LogP contribution in [-0.4, -0.2) is 23.3 Å². The summed E-state index contributed by atoms with van der Waals surface area (Å²) in [5, 5.41) is 13.2. The lowest BCUT2D eigenvalue weighted by atomic mass is 9.92. The van der Waals surface area contributed by atoms with E-state index in [-0.39, 0.29) is 6.10 Å². The summed E-state index contributed by atoms with van der Waals surface area (Å²) in [5.74, 6) is 0. The molecule has 0 aromatic rings. The molecule has 0 aromatic carbocycles. The molecular formula is C11H23NO. The minimum atomic E-state index is -0.104. The van der Waals surface area contributed by atoms with Crippen LogP contribution in [0.5, 0.6) is 0 Å². The molecule has 2 heteroatoms. The fourth-order valence-electron chi connectivity index (χ4n) is 2.19. The van der Waals surface area contributed by atoms with Crippen molar-refractivity contribution < 1.29 is 5.11 Å². The molecule has 0 unspecified atom stereocenters. The minimum Gasteiger partial charge on any atom is -0.392 e. The van der Waals surface area contributed by atoms with E-state index in [4.69, 9.17) is 0 Å². The van der Waals surface area contributed by atoms with Gasteiger partial charge in [0.2, 0.25) is 0 Å². The van der Waals surface area contributed by atoms with Gasteiger partial charge in [0.1, 0.15) is 0 Å². The summed E-state index contributed by atoms with van der Waals surface area (Å²) in [4.78, 5) is 0. The highest BCUT2D eigenvalue weighted by Crippen LogP contribution is 2.19. The molecule has 1 saturated carbocycles. The van der Waals surface area contributed by atoms with Crippen LogP contribution >= 0.6 is 0 Å². The first-order valence-electron chi connectivity index (χ1n) is 5.68. The molecule has 1 fully saturated rings. The van der Waals surface area contributed by atoms with Crippen LogP contribution in [-0.2, 0) is 0 Å². The Hall–Kier alpha value is -0.0800. The molecule has 2 N–H and O–H groups in total. The third-order valence-corrected chi connectivity index (χ3v) is 2.95. The Balaban J connectivity index is 2.25. The predicted octanol–water partition coefficient (Wildman–Crippen LogP) is 2.07. The zero-order valence-electron chi connectivity index (χ0n) is 8.92. The van der Waals surface area contributed by atoms with Crippen molar-refractivity contribution in [2.24, 2.45) is 0 Å². The maximum absolute atomic E-state index is 9.72. The molecule has 0 aliphatic heterocycles. The van der Waals surface area contributed by atoms with Crippen molar-refractivity contribution >= 4 is 0 Å². The molecule has 0 spiro atoms. The Morgan fingerprint density at radius 2 is 2.08 bits per heavy atom. The molecule has 0 amide bonds. The van der Waals surface area contributed by atoms with E-state index in [1.807, 2.05) is 0 Å². The van der Waals surface area contributed by atoms with Crippen molar-refractivity contribution in [3.63, 3.8) is 0 Å². The van der Waals surface area contributed by atoms with Gasteiger partial charge < -0.3 is 10.4 Å². The summed E-state index contributed by atoms with van der Waals surface area (Å²) < 4.78 is 0. The molecule has 0 aromatic heterocycles. The Morgan fingerprint density at radius 1 is 1.38 bits per heavy atom. The first kappa shape index (κ1) is 11.0. The average Bonchev–Trinajstić information content (AvgIpc) is 2.09. The second kappa shape index (κ2) is 5.61. The van der Waals surface area contributed by atoms with Crippen LogP contribution in [0.4, 0.5) is 0 Å². The fourth-order valence-corrected chi connectivity index (χ4v) is 2.19. The predicted molar refractivity (Wildman–Crippen MR) is 55.8 cm³/mol. The van der Waals surface area contributed by atoms with Gasteiger partial charge >= 0.3 is 0 Å². The van der Waals surface area contributed by atoms with E-state index in [1.54, 1.807) is 0 Å². The summed E-state index contributed by atoms with van der Waals surface area (Å²) >= 11 is 0. The maximum atomic E-state index is 9.72. The third kappa shape index (κ3) is 3.65. The van der Waals surface area contributed by atoms with Crippen LogP contribution < -0.4 is 5.32 Å². The monoisotopic (exact) mass is 185 g/mol. The largest absolute Gasteiger partial charge is 0.392 e. The molecule has 0 heterocycles. The molecule has 1 aliphatic carbocycles. The Morgan fingerprint density at radius 3 is 2.69 bits per heavy atom. The maximum Gasteiger partial charge on any atom is 0.0693 e. The van der Waals surface area contributed by atoms with Crippen molar-refractivity contribution in [3.8, 4) is 0 Å². The molecule has 0 saturated heterocycles. The third-order valence-electron chi connectivity index (χ3n) is 2.95. The highest BCUT2D eigenvalue weighted by Gasteiger charge is 2.23. The summed E-state index contributed by atoms with van der Waals surface area (Å²) in [7, 11) is 0. The normalized spacial score (nSPS) is 31.6. The quantitative estimate of drug-likeness (QED) is 0.702. The van der Waals surface area contributed by atoms with Gasteiger partial charge in [-0.2, -0.15) is 0 Å². The molecule has 78 valence electrons. The van der Waals surface area contributed by atoms with Gasteiger partial charge in [-0.15, -0.1) is 0 Å². The van der Waals surface area contributed by atoms with E-state index >= 15 is 0 Å². The Kier molecular flexibility index (Phi) is 4.74. The van der Waals surface area contributed by atoms with Crippen LogP contribution in [0.2, 0.25) is 0 Å². The van der Waals surface area contributed by atoms with Crippen molar-refractivity contribution in [2.45, 2.75) is 70.6 Å². The van der Waals surface area contributed by atoms with Crippen LogP contribution in [0, 0.1) is 0 Å². The zero-order chi connectivity index (χ0) is 9.68. The molecule has 1 rings (SSSR count). The van der Waals surface area contributed by atoms with Gasteiger partial charge in [0.15, 0.2) is 0 Å². The first-order valence-corrected chi connectivity index (χ1v) is 5.68. The van der Waals surface area contributed by atoms with Gasteiger partial charge in [-0.05, 0) is 26.2 Å². The van der Waals surface area contributed by atoms with Gasteiger partial charge in [-0.25, -0.2) is 0 Å². The number of nitrogens with one attached hydrogen (secondary N) is 1. The second-order valence-electron chi connectivity index (χ2n) is 4.31. The van der Waals surface area contributed by atoms with Gasteiger partial charge in [-0.1, -0.05) is 26.2 Å². The lowest BCUT2D eigenvalue weighted by molar-refractivity contribution is 0.0853. The summed E-state index contributed by atoms with van der Waals surface area (Å²) in [6.07, 6.45) is 6.93. The highest BCUT2D eigenvalue weighted by molar-refractivity contribution is 4.82. The van der Waals surface area contributed by atoms with Crippen LogP contribution in [0.15, 0.2) is 0 Å². The summed E-state index contributed by atoms with van der Waals surface area (Å²) in [6, 6.07) is 0.915. The highest BCUT2D eigenvalue weighted by atomic mass is 16.3. The summed E-state index contributed by atoms with van der Waals surface area (Å²) in [5.41, 5.74) is 0. The van der Waals surface area contributed by atoms with Gasteiger partial charge in [0, 0.05) is 12.1 Å². The number of hydrogen-bond donors (Lipinski definition) is 2. The van der Waals surface area contributed by atoms with Crippen molar-refractivity contribution in [1.82, 2.24) is 5.32 Å². The molecule has 2 nitrogen and oxygen atoms in total. The standard InChI is InChI=1S/C11H23NO/c1-3-6-9(2)12-10-7-4-5-8-11(10)13/h9-13H,3-8H2,1-2H3/t9-,10-,11-/m0/s1. The molecule has 1 aliphatic rings. The van der Waals surface area contributed by atoms with E-state index in [2.05, 4.69) is 19.2 Å². The van der Waals surface area contributed by atoms with Crippen LogP contribution in [0.3, 0.4) is 0 Å². The lowest BCUT2D eigenvalue weighted by Gasteiger charge is -2.31. The number of rotatable bonds is 4. The van der Waals surface area contributed by atoms with E-state index in [9.17, 15) is 5.11 Å². The molecule has 3 atom stereocenters. The molecule has 0 radical (unpaired) electrons. The van der Waals surface area contributed by atoms with E-state index in [1.165, 1.54) is 25.7 Å². The van der Waals surface area contributed by atoms with Crippen molar-refractivity contribution in [2.75, 3.05) is 0 Å². The SMILES string of the molecule is CCC[C@H](C)N[C@H]1CCCC[C@@H]1O. The minimum absolute atomic E-state index is 0.104.